The summed E-state index contributed by atoms with van der Waals surface area (Å²) in [6.07, 6.45) is 0. The number of rotatable bonds is 4. The molecule has 0 atom stereocenters. The van der Waals surface area contributed by atoms with E-state index in [2.05, 4.69) is 26.7 Å². The van der Waals surface area contributed by atoms with Crippen LogP contribution in [0, 0.1) is 0 Å². The van der Waals surface area contributed by atoms with Gasteiger partial charge in [-0.15, -0.1) is 0 Å². The van der Waals surface area contributed by atoms with Crippen LogP contribution < -0.4 is 21.3 Å². The first-order valence-corrected chi connectivity index (χ1v) is 6.65. The first-order chi connectivity index (χ1) is 9.63. The lowest BCUT2D eigenvalue weighted by Gasteiger charge is -2.09. The molecule has 2 aromatic rings. The monoisotopic (exact) mass is 335 g/mol. The Labute approximate surface area is 125 Å². The Hall–Kier alpha value is -2.05. The summed E-state index contributed by atoms with van der Waals surface area (Å²) in [5, 5.41) is 2.81. The molecule has 104 valence electrons. The molecule has 0 radical (unpaired) electrons. The molecule has 0 heterocycles. The van der Waals surface area contributed by atoms with Crippen molar-refractivity contribution in [2.45, 2.75) is 0 Å². The third kappa shape index (κ3) is 3.28. The van der Waals surface area contributed by atoms with E-state index >= 15 is 0 Å². The van der Waals surface area contributed by atoms with Crippen LogP contribution in [0.25, 0.3) is 0 Å². The number of hydrazine groups is 1. The summed E-state index contributed by atoms with van der Waals surface area (Å²) in [5.74, 6) is 5.74. The number of methoxy groups -OCH3 is 1. The zero-order valence-corrected chi connectivity index (χ0v) is 12.4. The maximum absolute atomic E-state index is 12.1. The predicted molar refractivity (Wildman–Crippen MR) is 82.9 cm³/mol. The van der Waals surface area contributed by atoms with Crippen molar-refractivity contribution in [3.05, 3.63) is 52.5 Å². The van der Waals surface area contributed by atoms with Gasteiger partial charge in [0.15, 0.2) is 0 Å². The average molecular weight is 336 g/mol. The molecule has 20 heavy (non-hydrogen) atoms. The largest absolute Gasteiger partial charge is 0.495 e. The van der Waals surface area contributed by atoms with Gasteiger partial charge in [-0.1, -0.05) is 0 Å². The van der Waals surface area contributed by atoms with Crippen LogP contribution in [-0.4, -0.2) is 13.0 Å². The fourth-order valence-electron chi connectivity index (χ4n) is 1.66. The minimum absolute atomic E-state index is 0.196. The summed E-state index contributed by atoms with van der Waals surface area (Å²) in [7, 11) is 1.57. The molecule has 6 heteroatoms. The Kier molecular flexibility index (Phi) is 4.60. The Morgan fingerprint density at radius 3 is 2.40 bits per heavy atom. The fraction of sp³-hybridized carbons (Fsp3) is 0.0714. The van der Waals surface area contributed by atoms with E-state index in [0.29, 0.717) is 17.0 Å². The van der Waals surface area contributed by atoms with Crippen LogP contribution in [0.15, 0.2) is 46.9 Å². The van der Waals surface area contributed by atoms with E-state index in [1.54, 1.807) is 43.5 Å². The molecule has 0 bridgehead atoms. The molecule has 5 nitrogen and oxygen atoms in total. The molecular formula is C14H14BrN3O2. The summed E-state index contributed by atoms with van der Waals surface area (Å²) in [6, 6.07) is 12.2. The van der Waals surface area contributed by atoms with E-state index in [-0.39, 0.29) is 5.91 Å². The van der Waals surface area contributed by atoms with Crippen LogP contribution in [0.5, 0.6) is 5.75 Å². The van der Waals surface area contributed by atoms with Gasteiger partial charge in [0, 0.05) is 23.0 Å². The molecular weight excluding hydrogens is 322 g/mol. The number of benzene rings is 2. The van der Waals surface area contributed by atoms with Crippen molar-refractivity contribution in [2.75, 3.05) is 17.9 Å². The number of carbonyl (C=O) groups is 1. The molecule has 0 saturated heterocycles. The lowest BCUT2D eigenvalue weighted by Crippen LogP contribution is -2.12. The lowest BCUT2D eigenvalue weighted by atomic mass is 10.2. The summed E-state index contributed by atoms with van der Waals surface area (Å²) in [4.78, 5) is 12.1. The van der Waals surface area contributed by atoms with Gasteiger partial charge in [-0.2, -0.15) is 0 Å². The molecule has 0 aliphatic heterocycles. The van der Waals surface area contributed by atoms with Crippen molar-refractivity contribution in [3.63, 3.8) is 0 Å². The molecule has 2 aromatic carbocycles. The van der Waals surface area contributed by atoms with Crippen molar-refractivity contribution in [2.24, 2.45) is 5.84 Å². The zero-order chi connectivity index (χ0) is 14.5. The first-order valence-electron chi connectivity index (χ1n) is 5.85. The number of amides is 1. The standard InChI is InChI=1S/C14H14BrN3O2/c1-20-13-8-11(6-7-12(13)15)17-14(19)9-2-4-10(18-16)5-3-9/h2-8,18H,16H2,1H3,(H,17,19). The highest BCUT2D eigenvalue weighted by Gasteiger charge is 2.08. The maximum Gasteiger partial charge on any atom is 0.255 e. The maximum atomic E-state index is 12.1. The molecule has 4 N–H and O–H groups in total. The SMILES string of the molecule is COc1cc(NC(=O)c2ccc(NN)cc2)ccc1Br. The smallest absolute Gasteiger partial charge is 0.255 e. The van der Waals surface area contributed by atoms with Crippen LogP contribution >= 0.6 is 15.9 Å². The Morgan fingerprint density at radius 1 is 1.15 bits per heavy atom. The molecule has 0 aliphatic rings. The number of nitrogens with two attached hydrogens (primary N) is 1. The number of anilines is 2. The Morgan fingerprint density at radius 2 is 1.80 bits per heavy atom. The number of nitrogen functional groups attached to an aromatic ring is 1. The minimum Gasteiger partial charge on any atom is -0.495 e. The zero-order valence-electron chi connectivity index (χ0n) is 10.8. The fourth-order valence-corrected chi connectivity index (χ4v) is 2.07. The van der Waals surface area contributed by atoms with E-state index in [9.17, 15) is 4.79 Å². The van der Waals surface area contributed by atoms with Crippen molar-refractivity contribution < 1.29 is 9.53 Å². The second kappa shape index (κ2) is 6.40. The molecule has 0 fully saturated rings. The van der Waals surface area contributed by atoms with E-state index in [1.165, 1.54) is 0 Å². The number of halogens is 1. The highest BCUT2D eigenvalue weighted by molar-refractivity contribution is 9.10. The van der Waals surface area contributed by atoms with Gasteiger partial charge in [0.05, 0.1) is 11.6 Å². The van der Waals surface area contributed by atoms with Gasteiger partial charge in [-0.3, -0.25) is 10.6 Å². The second-order valence-electron chi connectivity index (χ2n) is 4.03. The Bertz CT molecular complexity index is 614. The van der Waals surface area contributed by atoms with Gasteiger partial charge in [0.2, 0.25) is 0 Å². The topological polar surface area (TPSA) is 76.4 Å². The van der Waals surface area contributed by atoms with Gasteiger partial charge in [-0.05, 0) is 52.3 Å². The van der Waals surface area contributed by atoms with Crippen LogP contribution in [0.3, 0.4) is 0 Å². The molecule has 0 unspecified atom stereocenters. The second-order valence-corrected chi connectivity index (χ2v) is 4.88. The van der Waals surface area contributed by atoms with E-state index < -0.39 is 0 Å². The number of hydrogen-bond donors (Lipinski definition) is 3. The van der Waals surface area contributed by atoms with Crippen molar-refractivity contribution >= 4 is 33.2 Å². The van der Waals surface area contributed by atoms with Gasteiger partial charge in [0.25, 0.3) is 5.91 Å². The normalized spacial score (nSPS) is 9.95. The van der Waals surface area contributed by atoms with Gasteiger partial charge in [-0.25, -0.2) is 0 Å². The van der Waals surface area contributed by atoms with Crippen LogP contribution in [0.4, 0.5) is 11.4 Å². The van der Waals surface area contributed by atoms with E-state index in [4.69, 9.17) is 10.6 Å². The third-order valence-electron chi connectivity index (χ3n) is 2.72. The summed E-state index contributed by atoms with van der Waals surface area (Å²) in [5.41, 5.74) is 4.46. The first kappa shape index (κ1) is 14.4. The minimum atomic E-state index is -0.196. The van der Waals surface area contributed by atoms with Crippen LogP contribution in [-0.2, 0) is 0 Å². The molecule has 2 rings (SSSR count). The highest BCUT2D eigenvalue weighted by atomic mass is 79.9. The van der Waals surface area contributed by atoms with Gasteiger partial charge >= 0.3 is 0 Å². The number of hydrogen-bond acceptors (Lipinski definition) is 4. The average Bonchev–Trinajstić information content (AvgIpc) is 2.49. The van der Waals surface area contributed by atoms with Gasteiger partial charge in [0.1, 0.15) is 5.75 Å². The molecule has 0 saturated carbocycles. The number of carbonyl (C=O) groups excluding carboxylic acids is 1. The summed E-state index contributed by atoms with van der Waals surface area (Å²) < 4.78 is 6.01. The van der Waals surface area contributed by atoms with Gasteiger partial charge < -0.3 is 15.5 Å². The van der Waals surface area contributed by atoms with Crippen molar-refractivity contribution in [1.29, 1.82) is 0 Å². The molecule has 0 aromatic heterocycles. The summed E-state index contributed by atoms with van der Waals surface area (Å²) >= 11 is 3.36. The van der Waals surface area contributed by atoms with E-state index in [1.807, 2.05) is 6.07 Å². The van der Waals surface area contributed by atoms with Crippen molar-refractivity contribution in [3.8, 4) is 5.75 Å². The number of nitrogens with one attached hydrogen (secondary N) is 2. The van der Waals surface area contributed by atoms with Crippen LogP contribution in [0.1, 0.15) is 10.4 Å². The van der Waals surface area contributed by atoms with Crippen LogP contribution in [0.2, 0.25) is 0 Å². The summed E-state index contributed by atoms with van der Waals surface area (Å²) in [6.45, 7) is 0. The third-order valence-corrected chi connectivity index (χ3v) is 3.38. The van der Waals surface area contributed by atoms with E-state index in [0.717, 1.165) is 10.2 Å². The predicted octanol–water partition coefficient (Wildman–Crippen LogP) is 3.00. The molecule has 1 amide bonds. The Balaban J connectivity index is 2.14. The lowest BCUT2D eigenvalue weighted by molar-refractivity contribution is 0.102. The molecule has 0 aliphatic carbocycles. The molecule has 0 spiro atoms. The number of ether oxygens (including phenoxy) is 1. The highest BCUT2D eigenvalue weighted by Crippen LogP contribution is 2.28. The van der Waals surface area contributed by atoms with Crippen molar-refractivity contribution in [1.82, 2.24) is 0 Å². The quantitative estimate of drug-likeness (QED) is 0.593.